The van der Waals surface area contributed by atoms with Crippen LogP contribution in [0.2, 0.25) is 0 Å². The minimum Gasteiger partial charge on any atom is -0.456 e. The molecule has 3 heterocycles. The van der Waals surface area contributed by atoms with Crippen molar-refractivity contribution < 1.29 is 4.42 Å². The van der Waals surface area contributed by atoms with Gasteiger partial charge in [0.1, 0.15) is 11.2 Å². The number of para-hydroxylation sites is 3. The van der Waals surface area contributed by atoms with Crippen molar-refractivity contribution in [2.75, 3.05) is 0 Å². The van der Waals surface area contributed by atoms with Gasteiger partial charge in [0.2, 0.25) is 0 Å². The van der Waals surface area contributed by atoms with Crippen LogP contribution < -0.4 is 0 Å². The highest BCUT2D eigenvalue weighted by Crippen LogP contribution is 2.40. The maximum absolute atomic E-state index is 6.11. The van der Waals surface area contributed by atoms with Gasteiger partial charge < -0.3 is 8.98 Å². The Labute approximate surface area is 357 Å². The van der Waals surface area contributed by atoms with Crippen molar-refractivity contribution in [3.8, 4) is 73.2 Å². The lowest BCUT2D eigenvalue weighted by Gasteiger charge is -2.11. The number of nitrogens with zero attached hydrogens (tertiary/aromatic N) is 4. The molecule has 0 bridgehead atoms. The number of aromatic nitrogens is 4. The summed E-state index contributed by atoms with van der Waals surface area (Å²) in [6, 6.07) is 76.6. The van der Waals surface area contributed by atoms with Crippen LogP contribution in [0.15, 0.2) is 223 Å². The number of hydrogen-bond acceptors (Lipinski definition) is 4. The van der Waals surface area contributed by atoms with E-state index in [0.29, 0.717) is 17.5 Å². The van der Waals surface area contributed by atoms with Crippen molar-refractivity contribution in [2.24, 2.45) is 0 Å². The molecule has 0 N–H and O–H groups in total. The predicted molar refractivity (Wildman–Crippen MR) is 254 cm³/mol. The normalized spacial score (nSPS) is 11.5. The van der Waals surface area contributed by atoms with Gasteiger partial charge in [-0.25, -0.2) is 15.0 Å². The van der Waals surface area contributed by atoms with Crippen LogP contribution in [0.5, 0.6) is 0 Å². The van der Waals surface area contributed by atoms with Crippen LogP contribution in [-0.4, -0.2) is 19.5 Å². The third-order valence-corrected chi connectivity index (χ3v) is 11.9. The summed E-state index contributed by atoms with van der Waals surface area (Å²) in [5.74, 6) is 1.86. The SMILES string of the molecule is c1ccc(-c2nc(-c3ccc(-c4ccc(-c5ccc6c(c5)c5cccc(-c7ccccc7)c5n6-c5ccccc5)cc4)cc3)nc(-c3ccc4oc5ccccc5c4c3)n2)cc1. The van der Waals surface area contributed by atoms with E-state index in [1.54, 1.807) is 0 Å². The van der Waals surface area contributed by atoms with Gasteiger partial charge in [-0.15, -0.1) is 0 Å². The van der Waals surface area contributed by atoms with Gasteiger partial charge in [0.25, 0.3) is 0 Å². The molecule has 5 nitrogen and oxygen atoms in total. The fourth-order valence-corrected chi connectivity index (χ4v) is 8.83. The van der Waals surface area contributed by atoms with Crippen LogP contribution in [0.25, 0.3) is 117 Å². The van der Waals surface area contributed by atoms with E-state index in [4.69, 9.17) is 19.4 Å². The molecule has 62 heavy (non-hydrogen) atoms. The van der Waals surface area contributed by atoms with Crippen LogP contribution >= 0.6 is 0 Å². The highest BCUT2D eigenvalue weighted by Gasteiger charge is 2.18. The maximum Gasteiger partial charge on any atom is 0.164 e. The smallest absolute Gasteiger partial charge is 0.164 e. The third kappa shape index (κ3) is 6.14. The first kappa shape index (κ1) is 35.5. The lowest BCUT2D eigenvalue weighted by Crippen LogP contribution is -2.00. The Hall–Kier alpha value is -8.41. The summed E-state index contributed by atoms with van der Waals surface area (Å²) in [6.07, 6.45) is 0. The van der Waals surface area contributed by atoms with Crippen molar-refractivity contribution in [3.05, 3.63) is 218 Å². The lowest BCUT2D eigenvalue weighted by atomic mass is 9.98. The number of fused-ring (bicyclic) bond motifs is 6. The van der Waals surface area contributed by atoms with E-state index in [1.165, 1.54) is 44.1 Å². The Kier molecular flexibility index (Phi) is 8.42. The second-order valence-electron chi connectivity index (χ2n) is 15.6. The number of hydrogen-bond donors (Lipinski definition) is 0. The van der Waals surface area contributed by atoms with Crippen LogP contribution in [0.1, 0.15) is 0 Å². The molecule has 290 valence electrons. The van der Waals surface area contributed by atoms with Crippen molar-refractivity contribution in [3.63, 3.8) is 0 Å². The van der Waals surface area contributed by atoms with Crippen LogP contribution in [0.4, 0.5) is 0 Å². The summed E-state index contributed by atoms with van der Waals surface area (Å²) in [4.78, 5) is 15.0. The van der Waals surface area contributed by atoms with Crippen LogP contribution in [-0.2, 0) is 0 Å². The molecule has 3 aromatic heterocycles. The van der Waals surface area contributed by atoms with Crippen molar-refractivity contribution in [1.29, 1.82) is 0 Å². The molecule has 0 aliphatic rings. The van der Waals surface area contributed by atoms with E-state index in [1.807, 2.05) is 60.7 Å². The Morgan fingerprint density at radius 3 is 1.48 bits per heavy atom. The molecule has 12 aromatic rings. The summed E-state index contributed by atoms with van der Waals surface area (Å²) in [7, 11) is 0. The number of benzene rings is 9. The zero-order valence-corrected chi connectivity index (χ0v) is 33.5. The standard InChI is InChI=1S/C57H36N4O/c1-4-13-40(14-5-1)46-20-12-21-48-49-35-43(31-33-51(49)61(54(46)48)45-17-8-3-9-18-45)39-25-23-37(24-26-39)38-27-29-42(30-28-38)56-58-55(41-15-6-2-7-16-41)59-57(60-56)44-32-34-53-50(36-44)47-19-10-11-22-52(47)62-53/h1-36H. The summed E-state index contributed by atoms with van der Waals surface area (Å²) >= 11 is 0. The quantitative estimate of drug-likeness (QED) is 0.161. The number of furan rings is 1. The highest BCUT2D eigenvalue weighted by molar-refractivity contribution is 6.14. The van der Waals surface area contributed by atoms with Crippen molar-refractivity contribution in [2.45, 2.75) is 0 Å². The molecule has 0 saturated carbocycles. The summed E-state index contributed by atoms with van der Waals surface area (Å²) in [5, 5.41) is 4.56. The Morgan fingerprint density at radius 2 is 0.790 bits per heavy atom. The second-order valence-corrected chi connectivity index (χ2v) is 15.6. The largest absolute Gasteiger partial charge is 0.456 e. The average Bonchev–Trinajstić information content (AvgIpc) is 3.90. The minimum absolute atomic E-state index is 0.611. The average molecular weight is 793 g/mol. The highest BCUT2D eigenvalue weighted by atomic mass is 16.3. The Balaban J connectivity index is 0.886. The molecule has 0 saturated heterocycles. The zero-order valence-electron chi connectivity index (χ0n) is 33.5. The Morgan fingerprint density at radius 1 is 0.306 bits per heavy atom. The summed E-state index contributed by atoms with van der Waals surface area (Å²) in [6.45, 7) is 0. The molecular weight excluding hydrogens is 757 g/mol. The summed E-state index contributed by atoms with van der Waals surface area (Å²) < 4.78 is 8.52. The van der Waals surface area contributed by atoms with Gasteiger partial charge in [-0.05, 0) is 76.3 Å². The fraction of sp³-hybridized carbons (Fsp3) is 0. The first-order valence-corrected chi connectivity index (χ1v) is 20.8. The van der Waals surface area contributed by atoms with Crippen molar-refractivity contribution in [1.82, 2.24) is 19.5 Å². The third-order valence-electron chi connectivity index (χ3n) is 11.9. The maximum atomic E-state index is 6.11. The van der Waals surface area contributed by atoms with E-state index in [0.717, 1.165) is 55.4 Å². The molecule has 9 aromatic carbocycles. The Bertz CT molecular complexity index is 3590. The molecule has 5 heteroatoms. The molecule has 0 radical (unpaired) electrons. The molecule has 0 aliphatic heterocycles. The van der Waals surface area contributed by atoms with Gasteiger partial charge in [-0.1, -0.05) is 170 Å². The van der Waals surface area contributed by atoms with E-state index in [-0.39, 0.29) is 0 Å². The van der Waals surface area contributed by atoms with Gasteiger partial charge in [-0.3, -0.25) is 0 Å². The lowest BCUT2D eigenvalue weighted by molar-refractivity contribution is 0.669. The first-order chi connectivity index (χ1) is 30.7. The zero-order chi connectivity index (χ0) is 41.0. The molecule has 12 rings (SSSR count). The summed E-state index contributed by atoms with van der Waals surface area (Å²) in [5.41, 5.74) is 15.0. The number of rotatable bonds is 7. The van der Waals surface area contributed by atoms with Gasteiger partial charge in [0.15, 0.2) is 17.5 Å². The van der Waals surface area contributed by atoms with Crippen LogP contribution in [0.3, 0.4) is 0 Å². The fourth-order valence-electron chi connectivity index (χ4n) is 8.83. The first-order valence-electron chi connectivity index (χ1n) is 20.8. The topological polar surface area (TPSA) is 56.7 Å². The molecule has 0 unspecified atom stereocenters. The van der Waals surface area contributed by atoms with Crippen molar-refractivity contribution >= 4 is 43.7 Å². The van der Waals surface area contributed by atoms with Gasteiger partial charge in [0.05, 0.1) is 11.0 Å². The molecule has 0 aliphatic carbocycles. The van der Waals surface area contributed by atoms with E-state index < -0.39 is 0 Å². The monoisotopic (exact) mass is 792 g/mol. The van der Waals surface area contributed by atoms with Gasteiger partial charge >= 0.3 is 0 Å². The van der Waals surface area contributed by atoms with E-state index in [2.05, 4.69) is 162 Å². The molecule has 0 amide bonds. The molecule has 0 spiro atoms. The molecular formula is C57H36N4O. The van der Waals surface area contributed by atoms with Gasteiger partial charge in [0, 0.05) is 49.5 Å². The molecule has 0 fully saturated rings. The second kappa shape index (κ2) is 14.7. The van der Waals surface area contributed by atoms with E-state index >= 15 is 0 Å². The van der Waals surface area contributed by atoms with Crippen LogP contribution in [0, 0.1) is 0 Å². The minimum atomic E-state index is 0.611. The molecule has 0 atom stereocenters. The van der Waals surface area contributed by atoms with E-state index in [9.17, 15) is 0 Å². The predicted octanol–water partition coefficient (Wildman–Crippen LogP) is 14.9. The van der Waals surface area contributed by atoms with Gasteiger partial charge in [-0.2, -0.15) is 0 Å².